The van der Waals surface area contributed by atoms with Gasteiger partial charge in [0, 0.05) is 24.1 Å². The molecule has 0 radical (unpaired) electrons. The highest BCUT2D eigenvalue weighted by Gasteiger charge is 2.22. The van der Waals surface area contributed by atoms with Gasteiger partial charge in [-0.25, -0.2) is 17.5 Å². The Morgan fingerprint density at radius 3 is 2.37 bits per heavy atom. The molecular formula is C18H20BrNO6S. The lowest BCUT2D eigenvalue weighted by Crippen LogP contribution is -2.23. The van der Waals surface area contributed by atoms with Crippen LogP contribution in [0.4, 0.5) is 0 Å². The summed E-state index contributed by atoms with van der Waals surface area (Å²) in [6.45, 7) is -0.0506. The molecule has 2 rings (SSSR count). The summed E-state index contributed by atoms with van der Waals surface area (Å²) in [5, 5.41) is 0. The molecule has 0 atom stereocenters. The molecule has 0 bridgehead atoms. The average molecular weight is 458 g/mol. The molecule has 0 saturated carbocycles. The molecule has 0 aliphatic heterocycles. The van der Waals surface area contributed by atoms with Crippen LogP contribution in [0, 0.1) is 0 Å². The minimum Gasteiger partial charge on any atom is -0.497 e. The Kier molecular flexibility index (Phi) is 6.85. The lowest BCUT2D eigenvalue weighted by Gasteiger charge is -2.14. The van der Waals surface area contributed by atoms with Gasteiger partial charge in [-0.3, -0.25) is 0 Å². The first-order valence-corrected chi connectivity index (χ1v) is 10.0. The van der Waals surface area contributed by atoms with E-state index in [4.69, 9.17) is 14.2 Å². The molecule has 0 fully saturated rings. The molecule has 146 valence electrons. The van der Waals surface area contributed by atoms with Gasteiger partial charge in [-0.15, -0.1) is 0 Å². The molecule has 2 aromatic rings. The molecule has 0 amide bonds. The van der Waals surface area contributed by atoms with E-state index in [1.54, 1.807) is 18.2 Å². The highest BCUT2D eigenvalue weighted by Crippen LogP contribution is 2.27. The van der Waals surface area contributed by atoms with E-state index in [0.29, 0.717) is 21.5 Å². The van der Waals surface area contributed by atoms with Crippen molar-refractivity contribution >= 4 is 31.9 Å². The van der Waals surface area contributed by atoms with Gasteiger partial charge in [0.15, 0.2) is 0 Å². The molecular weight excluding hydrogens is 438 g/mol. The minimum absolute atomic E-state index is 0.0130. The number of hydrogen-bond donors (Lipinski definition) is 0. The van der Waals surface area contributed by atoms with Crippen molar-refractivity contribution in [3.63, 3.8) is 0 Å². The fraction of sp³-hybridized carbons (Fsp3) is 0.278. The number of carbonyl (C=O) groups is 1. The second kappa shape index (κ2) is 8.73. The van der Waals surface area contributed by atoms with Gasteiger partial charge in [0.1, 0.15) is 18.1 Å². The van der Waals surface area contributed by atoms with Gasteiger partial charge >= 0.3 is 5.97 Å². The number of methoxy groups -OCH3 is 2. The van der Waals surface area contributed by atoms with E-state index in [-0.39, 0.29) is 17.1 Å². The maximum Gasteiger partial charge on any atom is 0.338 e. The summed E-state index contributed by atoms with van der Waals surface area (Å²) in [6.07, 6.45) is 0. The minimum atomic E-state index is -3.71. The molecule has 0 aromatic heterocycles. The Labute approximate surface area is 167 Å². The van der Waals surface area contributed by atoms with Crippen molar-refractivity contribution in [1.29, 1.82) is 0 Å². The van der Waals surface area contributed by atoms with Crippen LogP contribution in [0.5, 0.6) is 11.5 Å². The summed E-state index contributed by atoms with van der Waals surface area (Å²) < 4.78 is 41.9. The summed E-state index contributed by atoms with van der Waals surface area (Å²) in [5.41, 5.74) is 0.754. The second-order valence-corrected chi connectivity index (χ2v) is 8.66. The topological polar surface area (TPSA) is 82.1 Å². The second-order valence-electron chi connectivity index (χ2n) is 5.69. The van der Waals surface area contributed by atoms with Gasteiger partial charge in [0.25, 0.3) is 0 Å². The van der Waals surface area contributed by atoms with Crippen LogP contribution in [0.25, 0.3) is 0 Å². The lowest BCUT2D eigenvalue weighted by atomic mass is 10.2. The molecule has 9 heteroatoms. The van der Waals surface area contributed by atoms with Crippen LogP contribution in [-0.4, -0.2) is 47.0 Å². The maximum absolute atomic E-state index is 12.4. The summed E-state index contributed by atoms with van der Waals surface area (Å²) in [7, 11) is 2.18. The van der Waals surface area contributed by atoms with Gasteiger partial charge < -0.3 is 14.2 Å². The molecule has 2 aromatic carbocycles. The Balaban J connectivity index is 2.25. The third-order valence-corrected chi connectivity index (χ3v) is 6.58. The fourth-order valence-corrected chi connectivity index (χ4v) is 4.09. The number of benzene rings is 2. The van der Waals surface area contributed by atoms with Crippen LogP contribution >= 0.6 is 15.9 Å². The first kappa shape index (κ1) is 21.2. The highest BCUT2D eigenvalue weighted by molar-refractivity contribution is 9.10. The number of ether oxygens (including phenoxy) is 3. The van der Waals surface area contributed by atoms with Crippen molar-refractivity contribution in [1.82, 2.24) is 4.31 Å². The van der Waals surface area contributed by atoms with Crippen LogP contribution in [0.3, 0.4) is 0 Å². The zero-order chi connectivity index (χ0) is 20.2. The quantitative estimate of drug-likeness (QED) is 0.594. The molecule has 7 nitrogen and oxygen atoms in total. The number of esters is 1. The number of hydrogen-bond acceptors (Lipinski definition) is 6. The van der Waals surface area contributed by atoms with Crippen LogP contribution in [0.2, 0.25) is 0 Å². The molecule has 27 heavy (non-hydrogen) atoms. The smallest absolute Gasteiger partial charge is 0.338 e. The monoisotopic (exact) mass is 457 g/mol. The van der Waals surface area contributed by atoms with Gasteiger partial charge in [-0.1, -0.05) is 0 Å². The normalized spacial score (nSPS) is 11.3. The van der Waals surface area contributed by atoms with E-state index >= 15 is 0 Å². The maximum atomic E-state index is 12.4. The molecule has 0 N–H and O–H groups in total. The Morgan fingerprint density at radius 1 is 1.07 bits per heavy atom. The molecule has 0 saturated heterocycles. The zero-order valence-corrected chi connectivity index (χ0v) is 17.8. The van der Waals surface area contributed by atoms with Crippen molar-refractivity contribution < 1.29 is 27.4 Å². The third kappa shape index (κ3) is 4.79. The Morgan fingerprint density at radius 2 is 1.78 bits per heavy atom. The van der Waals surface area contributed by atoms with E-state index in [0.717, 1.165) is 4.31 Å². The number of carbonyl (C=O) groups excluding carboxylic acids is 1. The van der Waals surface area contributed by atoms with Crippen LogP contribution in [-0.2, 0) is 21.4 Å². The Hall–Kier alpha value is -2.10. The van der Waals surface area contributed by atoms with Gasteiger partial charge in [0.2, 0.25) is 10.0 Å². The van der Waals surface area contributed by atoms with Crippen LogP contribution in [0.1, 0.15) is 15.9 Å². The lowest BCUT2D eigenvalue weighted by molar-refractivity contribution is 0.0469. The van der Waals surface area contributed by atoms with Crippen molar-refractivity contribution in [2.45, 2.75) is 11.5 Å². The first-order chi connectivity index (χ1) is 12.7. The first-order valence-electron chi connectivity index (χ1n) is 7.80. The standard InChI is InChI=1S/C18H20BrNO6S/c1-20(2)27(22,23)17-10-12(5-7-15(17)19)18(21)26-11-13-9-14(24-3)6-8-16(13)25-4/h5-10H,11H2,1-4H3. The van der Waals surface area contributed by atoms with Crippen molar-refractivity contribution in [3.05, 3.63) is 52.0 Å². The van der Waals surface area contributed by atoms with E-state index in [1.807, 2.05) is 0 Å². The van der Waals surface area contributed by atoms with Crippen molar-refractivity contribution in [2.75, 3.05) is 28.3 Å². The molecule has 0 heterocycles. The number of sulfonamides is 1. The highest BCUT2D eigenvalue weighted by atomic mass is 79.9. The van der Waals surface area contributed by atoms with Gasteiger partial charge in [0.05, 0.1) is 24.7 Å². The zero-order valence-electron chi connectivity index (χ0n) is 15.4. The average Bonchev–Trinajstić information content (AvgIpc) is 2.65. The summed E-state index contributed by atoms with van der Waals surface area (Å²) in [5.74, 6) is 0.503. The van der Waals surface area contributed by atoms with E-state index < -0.39 is 16.0 Å². The number of rotatable bonds is 7. The molecule has 0 unspecified atom stereocenters. The predicted molar refractivity (Wildman–Crippen MR) is 104 cm³/mol. The van der Waals surface area contributed by atoms with E-state index in [1.165, 1.54) is 46.5 Å². The SMILES string of the molecule is COc1ccc(OC)c(COC(=O)c2ccc(Br)c(S(=O)(=O)N(C)C)c2)c1. The molecule has 0 aliphatic carbocycles. The summed E-state index contributed by atoms with van der Waals surface area (Å²) in [4.78, 5) is 12.4. The van der Waals surface area contributed by atoms with E-state index in [2.05, 4.69) is 15.9 Å². The molecule has 0 aliphatic rings. The number of nitrogens with zero attached hydrogens (tertiary/aromatic N) is 1. The third-order valence-electron chi connectivity index (χ3n) is 3.77. The molecule has 0 spiro atoms. The van der Waals surface area contributed by atoms with Crippen molar-refractivity contribution in [2.24, 2.45) is 0 Å². The summed E-state index contributed by atoms with van der Waals surface area (Å²) >= 11 is 3.21. The predicted octanol–water partition coefficient (Wildman–Crippen LogP) is 3.07. The van der Waals surface area contributed by atoms with Gasteiger partial charge in [-0.2, -0.15) is 0 Å². The van der Waals surface area contributed by atoms with Crippen molar-refractivity contribution in [3.8, 4) is 11.5 Å². The van der Waals surface area contributed by atoms with Crippen LogP contribution < -0.4 is 9.47 Å². The number of halogens is 1. The van der Waals surface area contributed by atoms with E-state index in [9.17, 15) is 13.2 Å². The fourth-order valence-electron chi connectivity index (χ4n) is 2.25. The Bertz CT molecular complexity index is 943. The largest absolute Gasteiger partial charge is 0.497 e. The summed E-state index contributed by atoms with van der Waals surface area (Å²) in [6, 6.07) is 9.42. The van der Waals surface area contributed by atoms with Gasteiger partial charge in [-0.05, 0) is 52.3 Å². The van der Waals surface area contributed by atoms with Crippen LogP contribution in [0.15, 0.2) is 45.8 Å².